The Bertz CT molecular complexity index is 159. The molecule has 0 spiro atoms. The van der Waals surface area contributed by atoms with Gasteiger partial charge in [0.25, 0.3) is 0 Å². The Balaban J connectivity index is 3.68. The highest BCUT2D eigenvalue weighted by Gasteiger charge is 2.21. The molecule has 3 N–H and O–H groups in total. The summed E-state index contributed by atoms with van der Waals surface area (Å²) in [6.45, 7) is 5.66. The van der Waals surface area contributed by atoms with Crippen molar-refractivity contribution < 1.29 is 10.2 Å². The van der Waals surface area contributed by atoms with Crippen molar-refractivity contribution in [3.05, 3.63) is 0 Å². The van der Waals surface area contributed by atoms with Crippen molar-refractivity contribution in [2.75, 3.05) is 33.7 Å². The maximum Gasteiger partial charge on any atom is 0.0791 e. The van der Waals surface area contributed by atoms with Crippen molar-refractivity contribution in [3.8, 4) is 0 Å². The number of nitrogens with zero attached hydrogens (tertiary/aromatic N) is 1. The van der Waals surface area contributed by atoms with Crippen LogP contribution in [0.3, 0.4) is 0 Å². The second-order valence-electron chi connectivity index (χ2n) is 4.48. The standard InChI is InChI=1S/C11H26N2O2/c1-5-11(15,6-2)9-12-7-10(14)8-13(3)4/h10,12,14-15H,5-9H2,1-4H3. The van der Waals surface area contributed by atoms with Gasteiger partial charge >= 0.3 is 0 Å². The average Bonchev–Trinajstić information content (AvgIpc) is 2.16. The molecule has 92 valence electrons. The molecule has 1 atom stereocenters. The van der Waals surface area contributed by atoms with Crippen molar-refractivity contribution in [2.45, 2.75) is 38.4 Å². The Morgan fingerprint density at radius 3 is 2.20 bits per heavy atom. The smallest absolute Gasteiger partial charge is 0.0791 e. The van der Waals surface area contributed by atoms with E-state index >= 15 is 0 Å². The van der Waals surface area contributed by atoms with Crippen LogP contribution in [0.15, 0.2) is 0 Å². The molecule has 0 aliphatic heterocycles. The van der Waals surface area contributed by atoms with Gasteiger partial charge in [0.2, 0.25) is 0 Å². The van der Waals surface area contributed by atoms with E-state index in [1.165, 1.54) is 0 Å². The first kappa shape index (κ1) is 14.8. The fourth-order valence-corrected chi connectivity index (χ4v) is 1.46. The topological polar surface area (TPSA) is 55.7 Å². The molecule has 0 saturated carbocycles. The van der Waals surface area contributed by atoms with E-state index in [4.69, 9.17) is 0 Å². The predicted molar refractivity (Wildman–Crippen MR) is 63.0 cm³/mol. The summed E-state index contributed by atoms with van der Waals surface area (Å²) in [5, 5.41) is 22.7. The van der Waals surface area contributed by atoms with E-state index in [1.807, 2.05) is 32.8 Å². The Morgan fingerprint density at radius 2 is 1.80 bits per heavy atom. The Hall–Kier alpha value is -0.160. The van der Waals surface area contributed by atoms with E-state index in [-0.39, 0.29) is 6.10 Å². The fraction of sp³-hybridized carbons (Fsp3) is 1.00. The first-order valence-corrected chi connectivity index (χ1v) is 5.69. The molecule has 0 amide bonds. The minimum atomic E-state index is -0.627. The highest BCUT2D eigenvalue weighted by molar-refractivity contribution is 4.78. The average molecular weight is 218 g/mol. The lowest BCUT2D eigenvalue weighted by Crippen LogP contribution is -2.43. The Morgan fingerprint density at radius 1 is 1.27 bits per heavy atom. The van der Waals surface area contributed by atoms with Crippen molar-refractivity contribution in [3.63, 3.8) is 0 Å². The molecule has 0 aromatic rings. The lowest BCUT2D eigenvalue weighted by atomic mass is 9.97. The third-order valence-electron chi connectivity index (χ3n) is 2.73. The Labute approximate surface area is 93.3 Å². The van der Waals surface area contributed by atoms with Crippen LogP contribution in [-0.4, -0.2) is 60.5 Å². The van der Waals surface area contributed by atoms with Crippen molar-refractivity contribution >= 4 is 0 Å². The van der Waals surface area contributed by atoms with Crippen LogP contribution in [0, 0.1) is 0 Å². The number of aliphatic hydroxyl groups is 2. The summed E-state index contributed by atoms with van der Waals surface area (Å²) in [5.41, 5.74) is -0.627. The Kier molecular flexibility index (Phi) is 7.09. The minimum absolute atomic E-state index is 0.377. The second-order valence-corrected chi connectivity index (χ2v) is 4.48. The van der Waals surface area contributed by atoms with Gasteiger partial charge in [-0.3, -0.25) is 0 Å². The molecule has 15 heavy (non-hydrogen) atoms. The van der Waals surface area contributed by atoms with E-state index in [9.17, 15) is 10.2 Å². The van der Waals surface area contributed by atoms with Crippen LogP contribution in [0.1, 0.15) is 26.7 Å². The summed E-state index contributed by atoms with van der Waals surface area (Å²) in [6.07, 6.45) is 1.10. The normalized spacial score (nSPS) is 14.6. The zero-order valence-electron chi connectivity index (χ0n) is 10.5. The van der Waals surface area contributed by atoms with Gasteiger partial charge in [-0.1, -0.05) is 13.8 Å². The van der Waals surface area contributed by atoms with Crippen LogP contribution in [0.5, 0.6) is 0 Å². The molecule has 0 rings (SSSR count). The number of hydrogen-bond donors (Lipinski definition) is 3. The second kappa shape index (κ2) is 7.17. The molecule has 4 heteroatoms. The summed E-state index contributed by atoms with van der Waals surface area (Å²) in [5.74, 6) is 0. The van der Waals surface area contributed by atoms with Crippen molar-refractivity contribution in [1.29, 1.82) is 0 Å². The van der Waals surface area contributed by atoms with Gasteiger partial charge in [0.1, 0.15) is 0 Å². The van der Waals surface area contributed by atoms with E-state index < -0.39 is 5.60 Å². The maximum atomic E-state index is 9.97. The molecule has 0 aliphatic carbocycles. The van der Waals surface area contributed by atoms with E-state index in [1.54, 1.807) is 0 Å². The molecule has 0 radical (unpaired) electrons. The summed E-state index contributed by atoms with van der Waals surface area (Å²) in [4.78, 5) is 1.94. The van der Waals surface area contributed by atoms with Crippen LogP contribution < -0.4 is 5.32 Å². The first-order chi connectivity index (χ1) is 6.93. The number of aliphatic hydroxyl groups excluding tert-OH is 1. The number of hydrogen-bond acceptors (Lipinski definition) is 4. The molecule has 0 aromatic heterocycles. The van der Waals surface area contributed by atoms with Crippen LogP contribution >= 0.6 is 0 Å². The van der Waals surface area contributed by atoms with Gasteiger partial charge in [0, 0.05) is 19.6 Å². The summed E-state index contributed by atoms with van der Waals surface area (Å²) >= 11 is 0. The third-order valence-corrected chi connectivity index (χ3v) is 2.73. The van der Waals surface area contributed by atoms with Gasteiger partial charge in [-0.05, 0) is 26.9 Å². The predicted octanol–water partition coefficient (Wildman–Crippen LogP) is 0.0496. The number of likely N-dealkylation sites (N-methyl/N-ethyl adjacent to an activating group) is 1. The molecular formula is C11H26N2O2. The molecule has 0 aliphatic rings. The van der Waals surface area contributed by atoms with Crippen LogP contribution in [0.25, 0.3) is 0 Å². The van der Waals surface area contributed by atoms with Gasteiger partial charge in [0.05, 0.1) is 11.7 Å². The van der Waals surface area contributed by atoms with Crippen molar-refractivity contribution in [2.24, 2.45) is 0 Å². The quantitative estimate of drug-likeness (QED) is 0.539. The van der Waals surface area contributed by atoms with Gasteiger partial charge in [-0.25, -0.2) is 0 Å². The zero-order valence-corrected chi connectivity index (χ0v) is 10.5. The lowest BCUT2D eigenvalue weighted by Gasteiger charge is -2.26. The van der Waals surface area contributed by atoms with Crippen LogP contribution in [0.2, 0.25) is 0 Å². The molecule has 0 bridgehead atoms. The largest absolute Gasteiger partial charge is 0.390 e. The van der Waals surface area contributed by atoms with Gasteiger partial charge in [-0.15, -0.1) is 0 Å². The molecule has 0 aromatic carbocycles. The highest BCUT2D eigenvalue weighted by Crippen LogP contribution is 2.12. The molecule has 0 saturated heterocycles. The van der Waals surface area contributed by atoms with Crippen LogP contribution in [-0.2, 0) is 0 Å². The summed E-state index contributed by atoms with van der Waals surface area (Å²) < 4.78 is 0. The number of rotatable bonds is 8. The first-order valence-electron chi connectivity index (χ1n) is 5.69. The van der Waals surface area contributed by atoms with Crippen molar-refractivity contribution in [1.82, 2.24) is 10.2 Å². The molecule has 0 heterocycles. The molecular weight excluding hydrogens is 192 g/mol. The lowest BCUT2D eigenvalue weighted by molar-refractivity contribution is 0.0284. The molecule has 4 nitrogen and oxygen atoms in total. The molecule has 1 unspecified atom stereocenters. The summed E-state index contributed by atoms with van der Waals surface area (Å²) in [6, 6.07) is 0. The maximum absolute atomic E-state index is 9.97. The fourth-order valence-electron chi connectivity index (χ4n) is 1.46. The minimum Gasteiger partial charge on any atom is -0.390 e. The van der Waals surface area contributed by atoms with Gasteiger partial charge in [-0.2, -0.15) is 0 Å². The monoisotopic (exact) mass is 218 g/mol. The highest BCUT2D eigenvalue weighted by atomic mass is 16.3. The van der Waals surface area contributed by atoms with E-state index in [0.29, 0.717) is 19.6 Å². The summed E-state index contributed by atoms with van der Waals surface area (Å²) in [7, 11) is 3.86. The van der Waals surface area contributed by atoms with Crippen LogP contribution in [0.4, 0.5) is 0 Å². The molecule has 0 fully saturated rings. The third kappa shape index (κ3) is 6.84. The van der Waals surface area contributed by atoms with E-state index in [2.05, 4.69) is 5.32 Å². The number of nitrogens with one attached hydrogen (secondary N) is 1. The van der Waals surface area contributed by atoms with Gasteiger partial charge in [0.15, 0.2) is 0 Å². The van der Waals surface area contributed by atoms with E-state index in [0.717, 1.165) is 12.8 Å². The SMILES string of the molecule is CCC(O)(CC)CNCC(O)CN(C)C. The van der Waals surface area contributed by atoms with Gasteiger partial charge < -0.3 is 20.4 Å². The zero-order chi connectivity index (χ0) is 11.9.